The number of benzene rings is 8. The van der Waals surface area contributed by atoms with Crippen LogP contribution in [0.3, 0.4) is 0 Å². The topological polar surface area (TPSA) is 3.24 Å². The van der Waals surface area contributed by atoms with Gasteiger partial charge in [0.05, 0.1) is 0 Å². The van der Waals surface area contributed by atoms with Gasteiger partial charge in [-0.05, 0) is 176 Å². The van der Waals surface area contributed by atoms with Crippen molar-refractivity contribution in [2.75, 3.05) is 4.90 Å². The summed E-state index contributed by atoms with van der Waals surface area (Å²) in [6.07, 6.45) is 7.11. The maximum absolute atomic E-state index is 2.52. The minimum atomic E-state index is -0.0873. The van der Waals surface area contributed by atoms with E-state index in [0.717, 1.165) is 35.0 Å². The lowest BCUT2D eigenvalue weighted by atomic mass is 9.43. The third-order valence-electron chi connectivity index (χ3n) is 16.0. The van der Waals surface area contributed by atoms with Gasteiger partial charge in [-0.25, -0.2) is 0 Å². The van der Waals surface area contributed by atoms with Gasteiger partial charge in [-0.15, -0.1) is 0 Å². The molecule has 0 N–H and O–H groups in total. The average molecular weight is 772 g/mol. The van der Waals surface area contributed by atoms with Crippen molar-refractivity contribution < 1.29 is 0 Å². The van der Waals surface area contributed by atoms with E-state index >= 15 is 0 Å². The molecule has 4 saturated carbocycles. The minimum absolute atomic E-state index is 0.0873. The number of hydrogen-bond acceptors (Lipinski definition) is 1. The van der Waals surface area contributed by atoms with Crippen molar-refractivity contribution in [3.8, 4) is 44.5 Å². The van der Waals surface area contributed by atoms with E-state index in [-0.39, 0.29) is 10.8 Å². The van der Waals surface area contributed by atoms with Gasteiger partial charge >= 0.3 is 0 Å². The zero-order valence-corrected chi connectivity index (χ0v) is 34.5. The van der Waals surface area contributed by atoms with Crippen LogP contribution in [0.2, 0.25) is 0 Å². The van der Waals surface area contributed by atoms with E-state index in [1.807, 2.05) is 0 Å². The van der Waals surface area contributed by atoms with Crippen molar-refractivity contribution in [2.45, 2.75) is 56.8 Å². The van der Waals surface area contributed by atoms with E-state index in [2.05, 4.69) is 195 Å². The van der Waals surface area contributed by atoms with E-state index in [0.29, 0.717) is 0 Å². The quantitative estimate of drug-likeness (QED) is 0.168. The molecule has 14 rings (SSSR count). The van der Waals surface area contributed by atoms with Gasteiger partial charge in [0.1, 0.15) is 0 Å². The highest BCUT2D eigenvalue weighted by atomic mass is 15.1. The zero-order chi connectivity index (χ0) is 39.7. The van der Waals surface area contributed by atoms with Crippen LogP contribution in [0, 0.1) is 23.7 Å². The standard InChI is InChI=1S/C59H49N/c1-58(2)53-15-7-5-12-50(53)51-29-28-48(36-56(51)58)60(46-24-20-40(21-25-46)43-19-18-39-10-3-4-11-42(39)35-43)47-26-22-41(23-27-47)49-14-9-17-55-57(49)52-13-6-8-16-54(52)59(55)44-31-37-30-38(33-44)34-45(59)32-37/h3-29,35-38,44-45H,30-34H2,1-2H3. The Kier molecular flexibility index (Phi) is 7.32. The lowest BCUT2D eigenvalue weighted by Gasteiger charge is -2.61. The summed E-state index contributed by atoms with van der Waals surface area (Å²) in [5, 5.41) is 2.54. The SMILES string of the molecule is CC1(C)c2ccccc2-c2ccc(N(c3ccc(-c4ccc5ccccc5c4)cc3)c3ccc(-c4cccc5c4-c4ccccc4C54C5CC6CC(C5)CC4C6)cc3)cc21. The van der Waals surface area contributed by atoms with Crippen LogP contribution >= 0.6 is 0 Å². The summed E-state index contributed by atoms with van der Waals surface area (Å²) in [4.78, 5) is 2.46. The summed E-state index contributed by atoms with van der Waals surface area (Å²) >= 11 is 0. The lowest BCUT2D eigenvalue weighted by Crippen LogP contribution is -2.55. The molecule has 6 aliphatic rings. The summed E-state index contributed by atoms with van der Waals surface area (Å²) in [6.45, 7) is 4.76. The maximum atomic E-state index is 2.52. The van der Waals surface area contributed by atoms with E-state index < -0.39 is 0 Å². The molecule has 1 nitrogen and oxygen atoms in total. The predicted molar refractivity (Wildman–Crippen MR) is 250 cm³/mol. The molecular weight excluding hydrogens is 723 g/mol. The summed E-state index contributed by atoms with van der Waals surface area (Å²) in [7, 11) is 0. The van der Waals surface area contributed by atoms with Crippen molar-refractivity contribution >= 4 is 27.8 Å². The fourth-order valence-corrected chi connectivity index (χ4v) is 13.7. The van der Waals surface area contributed by atoms with Crippen molar-refractivity contribution in [3.05, 3.63) is 198 Å². The molecule has 6 aliphatic carbocycles. The van der Waals surface area contributed by atoms with Crippen LogP contribution in [-0.4, -0.2) is 0 Å². The average Bonchev–Trinajstić information content (AvgIpc) is 3.71. The second kappa shape index (κ2) is 12.7. The number of rotatable bonds is 5. The van der Waals surface area contributed by atoms with Gasteiger partial charge in [-0.1, -0.05) is 147 Å². The largest absolute Gasteiger partial charge is 0.310 e. The molecular formula is C59H49N. The Hall–Kier alpha value is -6.18. The predicted octanol–water partition coefficient (Wildman–Crippen LogP) is 15.7. The van der Waals surface area contributed by atoms with E-state index in [1.54, 1.807) is 11.1 Å². The van der Waals surface area contributed by atoms with Crippen LogP contribution in [0.5, 0.6) is 0 Å². The Bertz CT molecular complexity index is 2990. The number of anilines is 3. The first kappa shape index (κ1) is 34.7. The van der Waals surface area contributed by atoms with Crippen molar-refractivity contribution in [3.63, 3.8) is 0 Å². The fourth-order valence-electron chi connectivity index (χ4n) is 13.7. The molecule has 0 atom stereocenters. The molecule has 290 valence electrons. The molecule has 0 aliphatic heterocycles. The highest BCUT2D eigenvalue weighted by Gasteiger charge is 2.61. The Morgan fingerprint density at radius 1 is 0.383 bits per heavy atom. The van der Waals surface area contributed by atoms with Gasteiger partial charge in [0.15, 0.2) is 0 Å². The van der Waals surface area contributed by atoms with Gasteiger partial charge < -0.3 is 4.90 Å². The Morgan fingerprint density at radius 2 is 0.933 bits per heavy atom. The number of hydrogen-bond donors (Lipinski definition) is 0. The molecule has 1 heteroatoms. The molecule has 8 aromatic rings. The number of fused-ring (bicyclic) bond motifs is 7. The van der Waals surface area contributed by atoms with Crippen molar-refractivity contribution in [1.29, 1.82) is 0 Å². The third kappa shape index (κ3) is 4.81. The van der Waals surface area contributed by atoms with E-state index in [9.17, 15) is 0 Å². The third-order valence-corrected chi connectivity index (χ3v) is 16.0. The molecule has 0 unspecified atom stereocenters. The van der Waals surface area contributed by atoms with Gasteiger partial charge in [-0.2, -0.15) is 0 Å². The first-order chi connectivity index (χ1) is 29.4. The van der Waals surface area contributed by atoms with Crippen molar-refractivity contribution in [1.82, 2.24) is 0 Å². The first-order valence-electron chi connectivity index (χ1n) is 22.4. The second-order valence-electron chi connectivity index (χ2n) is 19.3. The van der Waals surface area contributed by atoms with Crippen LogP contribution in [0.4, 0.5) is 17.1 Å². The van der Waals surface area contributed by atoms with Crippen LogP contribution in [0.25, 0.3) is 55.3 Å². The molecule has 0 aromatic heterocycles. The molecule has 60 heavy (non-hydrogen) atoms. The molecule has 0 amide bonds. The summed E-state index contributed by atoms with van der Waals surface area (Å²) in [5.74, 6) is 3.41. The van der Waals surface area contributed by atoms with E-state index in [1.165, 1.54) is 104 Å². The molecule has 0 radical (unpaired) electrons. The lowest BCUT2D eigenvalue weighted by molar-refractivity contribution is -0.0399. The van der Waals surface area contributed by atoms with E-state index in [4.69, 9.17) is 0 Å². The molecule has 8 aromatic carbocycles. The molecule has 4 fully saturated rings. The highest BCUT2D eigenvalue weighted by molar-refractivity contribution is 5.94. The second-order valence-corrected chi connectivity index (χ2v) is 19.3. The molecule has 4 bridgehead atoms. The van der Waals surface area contributed by atoms with Gasteiger partial charge in [0.25, 0.3) is 0 Å². The summed E-state index contributed by atoms with van der Waals surface area (Å²) in [6, 6.07) is 67.0. The maximum Gasteiger partial charge on any atom is 0.0465 e. The van der Waals surface area contributed by atoms with Crippen LogP contribution in [-0.2, 0) is 10.8 Å². The fraction of sp³-hybridized carbons (Fsp3) is 0.220. The normalized spacial score (nSPS) is 23.4. The smallest absolute Gasteiger partial charge is 0.0465 e. The minimum Gasteiger partial charge on any atom is -0.310 e. The Balaban J connectivity index is 0.923. The van der Waals surface area contributed by atoms with Gasteiger partial charge in [0.2, 0.25) is 0 Å². The zero-order valence-electron chi connectivity index (χ0n) is 34.5. The van der Waals surface area contributed by atoms with Crippen LogP contribution < -0.4 is 4.90 Å². The van der Waals surface area contributed by atoms with Crippen LogP contribution in [0.1, 0.15) is 68.2 Å². The Morgan fingerprint density at radius 3 is 1.67 bits per heavy atom. The summed E-state index contributed by atoms with van der Waals surface area (Å²) in [5.41, 5.74) is 20.4. The molecule has 1 spiro atoms. The molecule has 0 saturated heterocycles. The highest BCUT2D eigenvalue weighted by Crippen LogP contribution is 2.70. The monoisotopic (exact) mass is 771 g/mol. The molecule has 0 heterocycles. The number of nitrogens with zero attached hydrogens (tertiary/aromatic N) is 1. The Labute approximate surface area is 354 Å². The first-order valence-corrected chi connectivity index (χ1v) is 22.4. The van der Waals surface area contributed by atoms with Gasteiger partial charge in [0, 0.05) is 27.9 Å². The summed E-state index contributed by atoms with van der Waals surface area (Å²) < 4.78 is 0. The van der Waals surface area contributed by atoms with Gasteiger partial charge in [-0.3, -0.25) is 0 Å². The van der Waals surface area contributed by atoms with Crippen molar-refractivity contribution in [2.24, 2.45) is 23.7 Å². The van der Waals surface area contributed by atoms with Crippen LogP contribution in [0.15, 0.2) is 176 Å².